The number of nitrogens with zero attached hydrogens (tertiary/aromatic N) is 5. The van der Waals surface area contributed by atoms with Crippen molar-refractivity contribution in [1.29, 1.82) is 0 Å². The average Bonchev–Trinajstić information content (AvgIpc) is 3.59. The molecule has 2 aromatic heterocycles. The summed E-state index contributed by atoms with van der Waals surface area (Å²) in [6, 6.07) is 16.6. The molecule has 0 radical (unpaired) electrons. The van der Waals surface area contributed by atoms with E-state index in [9.17, 15) is 4.79 Å². The minimum absolute atomic E-state index is 0.272. The van der Waals surface area contributed by atoms with Crippen LogP contribution in [0.2, 0.25) is 0 Å². The number of nitrogens with one attached hydrogen (secondary N) is 2. The first kappa shape index (κ1) is 25.1. The Morgan fingerprint density at radius 2 is 1.66 bits per heavy atom. The molecule has 38 heavy (non-hydrogen) atoms. The molecular formula is C28H31N7O3. The Kier molecular flexibility index (Phi) is 7.12. The molecule has 1 amide bonds. The quantitative estimate of drug-likeness (QED) is 0.346. The van der Waals surface area contributed by atoms with Gasteiger partial charge in [0.1, 0.15) is 23.0 Å². The number of hydrogen-bond acceptors (Lipinski definition) is 8. The van der Waals surface area contributed by atoms with Crippen LogP contribution in [-0.2, 0) is 7.05 Å². The smallest absolute Gasteiger partial charge is 0.273 e. The summed E-state index contributed by atoms with van der Waals surface area (Å²) in [5.74, 6) is 2.55. The number of amides is 1. The second kappa shape index (κ2) is 10.8. The molecule has 196 valence electrons. The predicted molar refractivity (Wildman–Crippen MR) is 148 cm³/mol. The van der Waals surface area contributed by atoms with E-state index in [-0.39, 0.29) is 5.91 Å². The molecule has 0 aliphatic carbocycles. The highest BCUT2D eigenvalue weighted by atomic mass is 16.5. The van der Waals surface area contributed by atoms with E-state index in [2.05, 4.69) is 30.6 Å². The molecule has 2 N–H and O–H groups in total. The van der Waals surface area contributed by atoms with Crippen LogP contribution in [0.5, 0.6) is 11.5 Å². The van der Waals surface area contributed by atoms with Crippen LogP contribution in [0, 0.1) is 6.92 Å². The molecule has 0 spiro atoms. The van der Waals surface area contributed by atoms with Gasteiger partial charge >= 0.3 is 0 Å². The van der Waals surface area contributed by atoms with E-state index in [4.69, 9.17) is 9.47 Å². The molecule has 3 heterocycles. The Hall–Kier alpha value is -4.60. The molecule has 1 saturated heterocycles. The molecule has 0 atom stereocenters. The summed E-state index contributed by atoms with van der Waals surface area (Å²) in [5, 5.41) is 10.7. The molecule has 4 aromatic rings. The predicted octanol–water partition coefficient (Wildman–Crippen LogP) is 4.80. The van der Waals surface area contributed by atoms with Gasteiger partial charge in [-0.05, 0) is 68.3 Å². The molecule has 0 saturated carbocycles. The molecule has 10 heteroatoms. The number of carbonyl (C=O) groups excluding carboxylic acids is 1. The monoisotopic (exact) mass is 513 g/mol. The number of benzene rings is 2. The highest BCUT2D eigenvalue weighted by molar-refractivity contribution is 6.03. The van der Waals surface area contributed by atoms with Gasteiger partial charge in [-0.1, -0.05) is 0 Å². The molecule has 1 fully saturated rings. The maximum Gasteiger partial charge on any atom is 0.273 e. The first-order valence-electron chi connectivity index (χ1n) is 12.5. The van der Waals surface area contributed by atoms with Crippen LogP contribution in [0.3, 0.4) is 0 Å². The first-order valence-corrected chi connectivity index (χ1v) is 12.5. The van der Waals surface area contributed by atoms with Crippen molar-refractivity contribution in [2.45, 2.75) is 19.8 Å². The topological polar surface area (TPSA) is 106 Å². The summed E-state index contributed by atoms with van der Waals surface area (Å²) in [5.41, 5.74) is 4.16. The van der Waals surface area contributed by atoms with Gasteiger partial charge in [-0.15, -0.1) is 0 Å². The zero-order valence-electron chi connectivity index (χ0n) is 22.0. The third kappa shape index (κ3) is 5.39. The van der Waals surface area contributed by atoms with Crippen molar-refractivity contribution in [3.8, 4) is 22.8 Å². The van der Waals surface area contributed by atoms with Gasteiger partial charge in [-0.25, -0.2) is 4.98 Å². The fourth-order valence-electron chi connectivity index (χ4n) is 4.50. The molecule has 5 rings (SSSR count). The minimum atomic E-state index is -0.272. The number of rotatable bonds is 8. The number of carbonyl (C=O) groups is 1. The van der Waals surface area contributed by atoms with Gasteiger partial charge in [-0.2, -0.15) is 10.1 Å². The van der Waals surface area contributed by atoms with E-state index in [1.807, 2.05) is 55.5 Å². The average molecular weight is 514 g/mol. The van der Waals surface area contributed by atoms with Crippen molar-refractivity contribution in [2.75, 3.05) is 42.8 Å². The Morgan fingerprint density at radius 1 is 0.921 bits per heavy atom. The summed E-state index contributed by atoms with van der Waals surface area (Å²) in [6.07, 6.45) is 2.38. The van der Waals surface area contributed by atoms with Crippen LogP contribution in [0.25, 0.3) is 11.3 Å². The van der Waals surface area contributed by atoms with Gasteiger partial charge in [-0.3, -0.25) is 9.48 Å². The first-order chi connectivity index (χ1) is 18.4. The number of methoxy groups -OCH3 is 2. The maximum absolute atomic E-state index is 13.1. The Morgan fingerprint density at radius 3 is 2.37 bits per heavy atom. The molecule has 10 nitrogen and oxygen atoms in total. The van der Waals surface area contributed by atoms with Crippen LogP contribution in [0.15, 0.2) is 54.6 Å². The SMILES string of the molecule is COc1ccc(OC)c(-c2cc(C(=O)Nc3ccc(Nc4nc(C)cc(N5CCCC5)n4)cc3)n(C)n2)c1. The lowest BCUT2D eigenvalue weighted by atomic mass is 10.1. The summed E-state index contributed by atoms with van der Waals surface area (Å²) in [7, 11) is 4.93. The maximum atomic E-state index is 13.1. The zero-order valence-corrected chi connectivity index (χ0v) is 22.0. The molecule has 1 aliphatic heterocycles. The number of hydrogen-bond donors (Lipinski definition) is 2. The van der Waals surface area contributed by atoms with Crippen LogP contribution < -0.4 is 25.0 Å². The summed E-state index contributed by atoms with van der Waals surface area (Å²) >= 11 is 0. The molecule has 2 aromatic carbocycles. The van der Waals surface area contributed by atoms with Crippen molar-refractivity contribution in [2.24, 2.45) is 7.05 Å². The number of aromatic nitrogens is 4. The van der Waals surface area contributed by atoms with Crippen molar-refractivity contribution in [3.63, 3.8) is 0 Å². The van der Waals surface area contributed by atoms with E-state index in [0.717, 1.165) is 35.9 Å². The van der Waals surface area contributed by atoms with Crippen molar-refractivity contribution in [1.82, 2.24) is 19.7 Å². The largest absolute Gasteiger partial charge is 0.497 e. The van der Waals surface area contributed by atoms with Crippen LogP contribution in [0.4, 0.5) is 23.1 Å². The number of ether oxygens (including phenoxy) is 2. The third-order valence-electron chi connectivity index (χ3n) is 6.46. The molecule has 1 aliphatic rings. The second-order valence-electron chi connectivity index (χ2n) is 9.15. The molecular weight excluding hydrogens is 482 g/mol. The summed E-state index contributed by atoms with van der Waals surface area (Å²) in [4.78, 5) is 24.6. The van der Waals surface area contributed by atoms with Gasteiger partial charge in [0, 0.05) is 48.8 Å². The van der Waals surface area contributed by atoms with E-state index in [1.165, 1.54) is 12.8 Å². The van der Waals surface area contributed by atoms with Gasteiger partial charge in [0.15, 0.2) is 0 Å². The fraction of sp³-hybridized carbons (Fsp3) is 0.286. The molecule has 0 unspecified atom stereocenters. The fourth-order valence-corrected chi connectivity index (χ4v) is 4.50. The van der Waals surface area contributed by atoms with Gasteiger partial charge < -0.3 is 25.0 Å². The van der Waals surface area contributed by atoms with Crippen LogP contribution in [0.1, 0.15) is 29.0 Å². The number of aryl methyl sites for hydroxylation is 2. The Bertz CT molecular complexity index is 1440. The highest BCUT2D eigenvalue weighted by Gasteiger charge is 2.18. The van der Waals surface area contributed by atoms with E-state index in [1.54, 1.807) is 32.0 Å². The van der Waals surface area contributed by atoms with Gasteiger partial charge in [0.05, 0.1) is 19.9 Å². The van der Waals surface area contributed by atoms with Crippen LogP contribution in [-0.4, -0.2) is 53.0 Å². The van der Waals surface area contributed by atoms with E-state index < -0.39 is 0 Å². The Labute approximate surface area is 221 Å². The van der Waals surface area contributed by atoms with Gasteiger partial charge in [0.25, 0.3) is 5.91 Å². The standard InChI is InChI=1S/C28H31N7O3/c1-18-15-26(35-13-5-6-14-35)32-28(29-18)31-20-9-7-19(8-10-20)30-27(36)24-17-23(33-34(24)2)22-16-21(37-3)11-12-25(22)38-4/h7-12,15-17H,5-6,13-14H2,1-4H3,(H,30,36)(H,29,31,32). The number of anilines is 4. The lowest BCUT2D eigenvalue weighted by Gasteiger charge is -2.17. The van der Waals surface area contributed by atoms with E-state index in [0.29, 0.717) is 34.5 Å². The third-order valence-corrected chi connectivity index (χ3v) is 6.46. The van der Waals surface area contributed by atoms with Crippen molar-refractivity contribution >= 4 is 29.0 Å². The van der Waals surface area contributed by atoms with Gasteiger partial charge in [0.2, 0.25) is 5.95 Å². The minimum Gasteiger partial charge on any atom is -0.497 e. The highest BCUT2D eigenvalue weighted by Crippen LogP contribution is 2.33. The van der Waals surface area contributed by atoms with Crippen LogP contribution >= 0.6 is 0 Å². The summed E-state index contributed by atoms with van der Waals surface area (Å²) in [6.45, 7) is 4.02. The lowest BCUT2D eigenvalue weighted by molar-refractivity contribution is 0.101. The lowest BCUT2D eigenvalue weighted by Crippen LogP contribution is -2.19. The Balaban J connectivity index is 1.28. The zero-order chi connectivity index (χ0) is 26.6. The normalized spacial score (nSPS) is 12.9. The van der Waals surface area contributed by atoms with Crippen molar-refractivity contribution < 1.29 is 14.3 Å². The van der Waals surface area contributed by atoms with Crippen molar-refractivity contribution in [3.05, 3.63) is 66.0 Å². The second-order valence-corrected chi connectivity index (χ2v) is 9.15. The molecule has 0 bridgehead atoms. The summed E-state index contributed by atoms with van der Waals surface area (Å²) < 4.78 is 12.4. The van der Waals surface area contributed by atoms with E-state index >= 15 is 0 Å².